The number of aliphatic hydroxyl groups excluding tert-OH is 2. The number of carbonyl (C=O) groups excluding carboxylic acids is 1. The van der Waals surface area contributed by atoms with Crippen LogP contribution in [0, 0.1) is 5.82 Å². The number of ether oxygens (including phenoxy) is 3. The van der Waals surface area contributed by atoms with Gasteiger partial charge < -0.3 is 39.9 Å². The molecule has 0 saturated carbocycles. The van der Waals surface area contributed by atoms with Crippen molar-refractivity contribution in [3.63, 3.8) is 0 Å². The number of aryl methyl sites for hydroxylation is 1. The zero-order valence-corrected chi connectivity index (χ0v) is 22.6. The SMILES string of the molecule is CN.CO.COc1ccc(OCCC=O)cc1.OC(F)C(F)(F)Oc1cc(CCCN2CCCC2)ccc1F. The summed E-state index contributed by atoms with van der Waals surface area (Å²) >= 11 is 0. The molecule has 2 aromatic rings. The number of hydrogen-bond acceptors (Lipinski definition) is 8. The van der Waals surface area contributed by atoms with Crippen molar-refractivity contribution in [2.45, 2.75) is 44.6 Å². The van der Waals surface area contributed by atoms with Gasteiger partial charge in [-0.05, 0) is 94.3 Å². The second kappa shape index (κ2) is 21.0. The van der Waals surface area contributed by atoms with E-state index in [0.717, 1.165) is 63.1 Å². The Morgan fingerprint density at radius 3 is 2.21 bits per heavy atom. The zero-order valence-electron chi connectivity index (χ0n) is 22.6. The molecule has 1 unspecified atom stereocenters. The van der Waals surface area contributed by atoms with E-state index in [2.05, 4.69) is 15.4 Å². The van der Waals surface area contributed by atoms with Crippen LogP contribution in [0.3, 0.4) is 0 Å². The van der Waals surface area contributed by atoms with E-state index in [1.165, 1.54) is 26.0 Å². The minimum atomic E-state index is -4.48. The molecule has 8 nitrogen and oxygen atoms in total. The Labute approximate surface area is 227 Å². The molecule has 0 spiro atoms. The molecule has 4 N–H and O–H groups in total. The molecule has 0 radical (unpaired) electrons. The highest BCUT2D eigenvalue weighted by molar-refractivity contribution is 5.49. The lowest BCUT2D eigenvalue weighted by atomic mass is 10.1. The fraction of sp³-hybridized carbons (Fsp3) is 0.519. The Morgan fingerprint density at radius 1 is 1.08 bits per heavy atom. The average Bonchev–Trinajstić information content (AvgIpc) is 3.47. The predicted octanol–water partition coefficient (Wildman–Crippen LogP) is 3.96. The summed E-state index contributed by atoms with van der Waals surface area (Å²) < 4.78 is 66.0. The summed E-state index contributed by atoms with van der Waals surface area (Å²) in [6, 6.07) is 10.9. The summed E-state index contributed by atoms with van der Waals surface area (Å²) in [6.45, 7) is 3.46. The Kier molecular flexibility index (Phi) is 19.4. The minimum Gasteiger partial charge on any atom is -0.497 e. The number of hydrogen-bond donors (Lipinski definition) is 3. The Bertz CT molecular complexity index is 898. The van der Waals surface area contributed by atoms with Crippen molar-refractivity contribution in [1.82, 2.24) is 4.90 Å². The minimum absolute atomic E-state index is 0.423. The van der Waals surface area contributed by atoms with Gasteiger partial charge in [-0.1, -0.05) is 6.07 Å². The van der Waals surface area contributed by atoms with Crippen LogP contribution in [0.5, 0.6) is 17.2 Å². The lowest BCUT2D eigenvalue weighted by Gasteiger charge is -2.19. The van der Waals surface area contributed by atoms with E-state index in [-0.39, 0.29) is 0 Å². The van der Waals surface area contributed by atoms with Gasteiger partial charge in [-0.3, -0.25) is 0 Å². The van der Waals surface area contributed by atoms with Gasteiger partial charge in [0.25, 0.3) is 0 Å². The van der Waals surface area contributed by atoms with Crippen LogP contribution < -0.4 is 19.9 Å². The summed E-state index contributed by atoms with van der Waals surface area (Å²) in [5.41, 5.74) is 5.12. The number of benzene rings is 2. The highest BCUT2D eigenvalue weighted by Gasteiger charge is 2.42. The fourth-order valence-electron chi connectivity index (χ4n) is 3.39. The summed E-state index contributed by atoms with van der Waals surface area (Å²) in [4.78, 5) is 12.3. The second-order valence-corrected chi connectivity index (χ2v) is 7.90. The van der Waals surface area contributed by atoms with Crippen LogP contribution >= 0.6 is 0 Å². The molecule has 3 rings (SSSR count). The van der Waals surface area contributed by atoms with Gasteiger partial charge in [0.05, 0.1) is 13.7 Å². The number of rotatable bonds is 12. The number of likely N-dealkylation sites (tertiary alicyclic amines) is 1. The number of carbonyl (C=O) groups is 1. The van der Waals surface area contributed by atoms with Gasteiger partial charge in [0, 0.05) is 13.5 Å². The number of methoxy groups -OCH3 is 1. The lowest BCUT2D eigenvalue weighted by molar-refractivity contribution is -0.277. The summed E-state index contributed by atoms with van der Waals surface area (Å²) in [7, 11) is 4.11. The monoisotopic (exact) mass is 564 g/mol. The third-order valence-corrected chi connectivity index (χ3v) is 5.22. The van der Waals surface area contributed by atoms with Crippen molar-refractivity contribution in [3.8, 4) is 17.2 Å². The van der Waals surface area contributed by atoms with Crippen LogP contribution in [-0.4, -0.2) is 81.4 Å². The molecule has 1 heterocycles. The van der Waals surface area contributed by atoms with Crippen molar-refractivity contribution in [2.75, 3.05) is 47.5 Å². The van der Waals surface area contributed by atoms with Crippen molar-refractivity contribution >= 4 is 6.29 Å². The summed E-state index contributed by atoms with van der Waals surface area (Å²) in [6.07, 6.45) is -2.95. The molecule has 2 aromatic carbocycles. The topological polar surface area (TPSA) is 114 Å². The van der Waals surface area contributed by atoms with E-state index in [0.29, 0.717) is 25.0 Å². The highest BCUT2D eigenvalue weighted by atomic mass is 19.3. The van der Waals surface area contributed by atoms with Crippen LogP contribution in [0.25, 0.3) is 0 Å². The van der Waals surface area contributed by atoms with E-state index >= 15 is 0 Å². The van der Waals surface area contributed by atoms with E-state index in [9.17, 15) is 22.4 Å². The van der Waals surface area contributed by atoms with E-state index in [4.69, 9.17) is 19.7 Å². The first-order valence-corrected chi connectivity index (χ1v) is 12.4. The maximum atomic E-state index is 13.5. The van der Waals surface area contributed by atoms with Gasteiger partial charge in [-0.15, -0.1) is 0 Å². The molecule has 1 aliphatic rings. The van der Waals surface area contributed by atoms with Gasteiger partial charge in [0.15, 0.2) is 11.6 Å². The molecule has 0 aliphatic carbocycles. The predicted molar refractivity (Wildman–Crippen MR) is 141 cm³/mol. The first-order chi connectivity index (χ1) is 18.7. The molecule has 0 aromatic heterocycles. The van der Waals surface area contributed by atoms with Crippen LogP contribution in [0.2, 0.25) is 0 Å². The third-order valence-electron chi connectivity index (χ3n) is 5.22. The quantitative estimate of drug-likeness (QED) is 0.202. The standard InChI is InChI=1S/C15H19F4NO2.C10H12O3.CH5N.CH4O/c16-12-6-5-11(4-3-9-20-7-1-2-8-20)10-13(12)22-15(18,19)14(17)21;1-12-9-3-5-10(6-4-9)13-8-2-7-11;2*1-2/h5-6,10,14,21H,1-4,7-9H2;3-7H,2,8H2,1H3;2H2,1H3;2H,1H3. The molecule has 0 amide bonds. The molecule has 1 atom stereocenters. The van der Waals surface area contributed by atoms with Gasteiger partial charge in [0.2, 0.25) is 0 Å². The normalized spacial score (nSPS) is 13.4. The van der Waals surface area contributed by atoms with Crippen molar-refractivity contribution in [1.29, 1.82) is 0 Å². The third kappa shape index (κ3) is 14.7. The Hall–Kier alpha value is -2.93. The maximum Gasteiger partial charge on any atom is 0.456 e. The lowest BCUT2D eigenvalue weighted by Crippen LogP contribution is -2.36. The van der Waals surface area contributed by atoms with Gasteiger partial charge in [-0.2, -0.15) is 8.78 Å². The molecule has 1 fully saturated rings. The number of nitrogens with two attached hydrogens (primary N) is 1. The molecule has 39 heavy (non-hydrogen) atoms. The van der Waals surface area contributed by atoms with Gasteiger partial charge in [-0.25, -0.2) is 8.78 Å². The van der Waals surface area contributed by atoms with Crippen LogP contribution in [-0.2, 0) is 11.2 Å². The van der Waals surface area contributed by atoms with Crippen molar-refractivity contribution in [3.05, 3.63) is 53.8 Å². The molecular formula is C27H40F4N2O6. The molecule has 1 saturated heterocycles. The van der Waals surface area contributed by atoms with Crippen LogP contribution in [0.15, 0.2) is 42.5 Å². The molecular weight excluding hydrogens is 524 g/mol. The largest absolute Gasteiger partial charge is 0.497 e. The van der Waals surface area contributed by atoms with E-state index in [1.807, 2.05) is 24.3 Å². The van der Waals surface area contributed by atoms with Crippen LogP contribution in [0.1, 0.15) is 31.2 Å². The van der Waals surface area contributed by atoms with E-state index < -0.39 is 24.0 Å². The molecule has 1 aliphatic heterocycles. The van der Waals surface area contributed by atoms with Gasteiger partial charge >= 0.3 is 12.5 Å². The first-order valence-electron chi connectivity index (χ1n) is 12.4. The van der Waals surface area contributed by atoms with Crippen LogP contribution in [0.4, 0.5) is 17.6 Å². The molecule has 222 valence electrons. The van der Waals surface area contributed by atoms with Crippen molar-refractivity contribution < 1.29 is 46.8 Å². The summed E-state index contributed by atoms with van der Waals surface area (Å²) in [5, 5.41) is 15.3. The average molecular weight is 565 g/mol. The fourth-order valence-corrected chi connectivity index (χ4v) is 3.39. The zero-order chi connectivity index (χ0) is 29.7. The first kappa shape index (κ1) is 36.1. The molecule has 12 heteroatoms. The highest BCUT2D eigenvalue weighted by Crippen LogP contribution is 2.29. The van der Waals surface area contributed by atoms with E-state index in [1.54, 1.807) is 7.11 Å². The maximum absolute atomic E-state index is 13.5. The Morgan fingerprint density at radius 2 is 1.67 bits per heavy atom. The number of alkyl halides is 3. The smallest absolute Gasteiger partial charge is 0.456 e. The summed E-state index contributed by atoms with van der Waals surface area (Å²) in [5.74, 6) is -0.241. The Balaban J connectivity index is 0.000000725. The number of aliphatic hydroxyl groups is 2. The van der Waals surface area contributed by atoms with Gasteiger partial charge in [0.1, 0.15) is 17.8 Å². The van der Waals surface area contributed by atoms with Crippen molar-refractivity contribution in [2.24, 2.45) is 5.73 Å². The number of nitrogens with zero attached hydrogens (tertiary/aromatic N) is 1. The second-order valence-electron chi connectivity index (χ2n) is 7.90. The number of halogens is 4. The molecule has 0 bridgehead atoms. The number of aldehydes is 1.